The summed E-state index contributed by atoms with van der Waals surface area (Å²) < 4.78 is 29.3. The molecular formula is C9H14N2O3S. The van der Waals surface area contributed by atoms with Crippen LogP contribution >= 0.6 is 0 Å². The molecule has 1 N–H and O–H groups in total. The fraction of sp³-hybridized carbons (Fsp3) is 0.444. The van der Waals surface area contributed by atoms with Gasteiger partial charge in [-0.2, -0.15) is 0 Å². The normalized spacial score (nSPS) is 11.5. The first kappa shape index (κ1) is 11.9. The van der Waals surface area contributed by atoms with E-state index in [-0.39, 0.29) is 6.54 Å². The Morgan fingerprint density at radius 1 is 1.67 bits per heavy atom. The molecule has 0 atom stereocenters. The second kappa shape index (κ2) is 5.09. The van der Waals surface area contributed by atoms with Gasteiger partial charge in [-0.3, -0.25) is 0 Å². The summed E-state index contributed by atoms with van der Waals surface area (Å²) >= 11 is 0. The Morgan fingerprint density at radius 3 is 2.93 bits per heavy atom. The maximum absolute atomic E-state index is 11.0. The third-order valence-corrected chi connectivity index (χ3v) is 2.91. The highest BCUT2D eigenvalue weighted by atomic mass is 32.2. The molecule has 0 aromatic carbocycles. The fourth-order valence-electron chi connectivity index (χ4n) is 1.02. The van der Waals surface area contributed by atoms with Crippen molar-refractivity contribution in [2.75, 3.05) is 6.54 Å². The summed E-state index contributed by atoms with van der Waals surface area (Å²) in [4.78, 5) is 0. The minimum absolute atomic E-state index is 0.284. The summed E-state index contributed by atoms with van der Waals surface area (Å²) in [6, 6.07) is 1.82. The third-order valence-electron chi connectivity index (χ3n) is 1.86. The lowest BCUT2D eigenvalue weighted by Gasteiger charge is -1.98. The molecular weight excluding hydrogens is 216 g/mol. The standard InChI is InChI=1S/C9H14N2O3S/c1-3-8-7-9(14-11-8)5-6-10-15(12,13)4-2/h4,7,10H,2-3,5-6H2,1H3. The number of nitrogens with one attached hydrogen (secondary N) is 1. The van der Waals surface area contributed by atoms with Gasteiger partial charge in [-0.25, -0.2) is 13.1 Å². The molecule has 6 heteroatoms. The number of rotatable bonds is 6. The van der Waals surface area contributed by atoms with Crippen molar-refractivity contribution in [2.24, 2.45) is 0 Å². The Morgan fingerprint density at radius 2 is 2.40 bits per heavy atom. The van der Waals surface area contributed by atoms with Gasteiger partial charge in [0.2, 0.25) is 10.0 Å². The average molecular weight is 230 g/mol. The average Bonchev–Trinajstić information content (AvgIpc) is 2.66. The molecule has 15 heavy (non-hydrogen) atoms. The molecule has 0 aliphatic carbocycles. The molecule has 0 aliphatic heterocycles. The van der Waals surface area contributed by atoms with Gasteiger partial charge < -0.3 is 4.52 Å². The predicted octanol–water partition coefficient (Wildman–Crippen LogP) is 0.842. The van der Waals surface area contributed by atoms with Gasteiger partial charge >= 0.3 is 0 Å². The highest BCUT2D eigenvalue weighted by Gasteiger charge is 2.05. The lowest BCUT2D eigenvalue weighted by atomic mass is 10.3. The van der Waals surface area contributed by atoms with Gasteiger partial charge in [-0.1, -0.05) is 18.7 Å². The van der Waals surface area contributed by atoms with Crippen LogP contribution in [-0.2, 0) is 22.9 Å². The Labute approximate surface area is 89.2 Å². The van der Waals surface area contributed by atoms with E-state index in [1.807, 2.05) is 13.0 Å². The van der Waals surface area contributed by atoms with Crippen LogP contribution in [0.2, 0.25) is 0 Å². The molecule has 0 fully saturated rings. The van der Waals surface area contributed by atoms with Crippen molar-refractivity contribution >= 4 is 10.0 Å². The van der Waals surface area contributed by atoms with Crippen LogP contribution in [0.5, 0.6) is 0 Å². The van der Waals surface area contributed by atoms with E-state index in [0.717, 1.165) is 17.5 Å². The van der Waals surface area contributed by atoms with Crippen LogP contribution in [0.4, 0.5) is 0 Å². The molecule has 0 unspecified atom stereocenters. The minimum atomic E-state index is -3.34. The van der Waals surface area contributed by atoms with Gasteiger partial charge in [-0.15, -0.1) is 0 Å². The number of hydrogen-bond donors (Lipinski definition) is 1. The maximum atomic E-state index is 11.0. The maximum Gasteiger partial charge on any atom is 0.233 e. The van der Waals surface area contributed by atoms with Crippen LogP contribution < -0.4 is 4.72 Å². The van der Waals surface area contributed by atoms with Crippen LogP contribution in [-0.4, -0.2) is 20.1 Å². The Bertz CT molecular complexity index is 422. The van der Waals surface area contributed by atoms with E-state index in [9.17, 15) is 8.42 Å². The van der Waals surface area contributed by atoms with E-state index < -0.39 is 10.0 Å². The Balaban J connectivity index is 2.41. The Hall–Kier alpha value is -1.14. The van der Waals surface area contributed by atoms with Crippen molar-refractivity contribution in [3.8, 4) is 0 Å². The monoisotopic (exact) mass is 230 g/mol. The first-order valence-corrected chi connectivity index (χ1v) is 6.18. The lowest BCUT2D eigenvalue weighted by Crippen LogP contribution is -2.23. The zero-order valence-electron chi connectivity index (χ0n) is 8.56. The highest BCUT2D eigenvalue weighted by Crippen LogP contribution is 2.04. The summed E-state index contributed by atoms with van der Waals surface area (Å²) in [5.74, 6) is 0.679. The molecule has 0 spiro atoms. The van der Waals surface area contributed by atoms with Crippen LogP contribution in [0, 0.1) is 0 Å². The van der Waals surface area contributed by atoms with Crippen LogP contribution in [0.3, 0.4) is 0 Å². The second-order valence-corrected chi connectivity index (χ2v) is 4.71. The fourth-order valence-corrected chi connectivity index (χ4v) is 1.52. The van der Waals surface area contributed by atoms with Gasteiger partial charge in [0.1, 0.15) is 5.76 Å². The summed E-state index contributed by atoms with van der Waals surface area (Å²) in [7, 11) is -3.34. The first-order valence-electron chi connectivity index (χ1n) is 4.64. The number of aryl methyl sites for hydroxylation is 1. The van der Waals surface area contributed by atoms with Crippen molar-refractivity contribution in [3.05, 3.63) is 29.5 Å². The van der Waals surface area contributed by atoms with E-state index in [4.69, 9.17) is 4.52 Å². The molecule has 0 bridgehead atoms. The summed E-state index contributed by atoms with van der Waals surface area (Å²) in [5.41, 5.74) is 0.872. The molecule has 1 rings (SSSR count). The van der Waals surface area contributed by atoms with Crippen molar-refractivity contribution in [1.82, 2.24) is 9.88 Å². The van der Waals surface area contributed by atoms with E-state index in [1.165, 1.54) is 0 Å². The predicted molar refractivity (Wildman–Crippen MR) is 56.7 cm³/mol. The topological polar surface area (TPSA) is 72.2 Å². The third kappa shape index (κ3) is 3.85. The van der Waals surface area contributed by atoms with Crippen molar-refractivity contribution in [3.63, 3.8) is 0 Å². The Kier molecular flexibility index (Phi) is 4.05. The van der Waals surface area contributed by atoms with Crippen molar-refractivity contribution in [2.45, 2.75) is 19.8 Å². The number of nitrogens with zero attached hydrogens (tertiary/aromatic N) is 1. The molecule has 1 aromatic heterocycles. The van der Waals surface area contributed by atoms with E-state index in [2.05, 4.69) is 16.5 Å². The smallest absolute Gasteiger partial charge is 0.233 e. The zero-order valence-corrected chi connectivity index (χ0v) is 9.38. The molecule has 0 aliphatic rings. The lowest BCUT2D eigenvalue weighted by molar-refractivity contribution is 0.378. The molecule has 0 saturated carbocycles. The van der Waals surface area contributed by atoms with Crippen LogP contribution in [0.15, 0.2) is 22.6 Å². The highest BCUT2D eigenvalue weighted by molar-refractivity contribution is 7.92. The molecule has 5 nitrogen and oxygen atoms in total. The quantitative estimate of drug-likeness (QED) is 0.786. The molecule has 0 saturated heterocycles. The summed E-state index contributed by atoms with van der Waals surface area (Å²) in [6.45, 7) is 5.45. The van der Waals surface area contributed by atoms with Crippen LogP contribution in [0.1, 0.15) is 18.4 Å². The van der Waals surface area contributed by atoms with E-state index >= 15 is 0 Å². The van der Waals surface area contributed by atoms with Crippen molar-refractivity contribution < 1.29 is 12.9 Å². The second-order valence-electron chi connectivity index (χ2n) is 2.99. The van der Waals surface area contributed by atoms with E-state index in [0.29, 0.717) is 12.2 Å². The van der Waals surface area contributed by atoms with Gasteiger partial charge in [-0.05, 0) is 6.42 Å². The summed E-state index contributed by atoms with van der Waals surface area (Å²) in [5, 5.41) is 4.68. The number of sulfonamides is 1. The minimum Gasteiger partial charge on any atom is -0.361 e. The first-order chi connectivity index (χ1) is 7.07. The van der Waals surface area contributed by atoms with Gasteiger partial charge in [0, 0.05) is 24.4 Å². The molecule has 1 heterocycles. The van der Waals surface area contributed by atoms with Gasteiger partial charge in [0.15, 0.2) is 0 Å². The van der Waals surface area contributed by atoms with E-state index in [1.54, 1.807) is 0 Å². The summed E-state index contributed by atoms with van der Waals surface area (Å²) in [6.07, 6.45) is 1.29. The SMILES string of the molecule is C=CS(=O)(=O)NCCc1cc(CC)no1. The number of aromatic nitrogens is 1. The molecule has 0 radical (unpaired) electrons. The molecule has 0 amide bonds. The molecule has 84 valence electrons. The van der Waals surface area contributed by atoms with Gasteiger partial charge in [0.05, 0.1) is 5.69 Å². The van der Waals surface area contributed by atoms with Gasteiger partial charge in [0.25, 0.3) is 0 Å². The zero-order chi connectivity index (χ0) is 11.3. The largest absolute Gasteiger partial charge is 0.361 e. The molecule has 1 aromatic rings. The van der Waals surface area contributed by atoms with Crippen molar-refractivity contribution in [1.29, 1.82) is 0 Å². The number of hydrogen-bond acceptors (Lipinski definition) is 4. The van der Waals surface area contributed by atoms with Crippen LogP contribution in [0.25, 0.3) is 0 Å².